The summed E-state index contributed by atoms with van der Waals surface area (Å²) in [6.45, 7) is 4.29. The molecule has 180 valence electrons. The van der Waals surface area contributed by atoms with Crippen molar-refractivity contribution in [2.75, 3.05) is 19.5 Å². The minimum atomic E-state index is -1.67. The number of esters is 1. The maximum atomic E-state index is 12.3. The van der Waals surface area contributed by atoms with Crippen molar-refractivity contribution >= 4 is 20.3 Å². The van der Waals surface area contributed by atoms with Crippen molar-refractivity contribution in [3.05, 3.63) is 53.1 Å². The van der Waals surface area contributed by atoms with E-state index in [0.717, 1.165) is 0 Å². The van der Waals surface area contributed by atoms with Crippen LogP contribution in [0.4, 0.5) is 5.82 Å². The second-order valence-corrected chi connectivity index (χ2v) is 9.34. The highest BCUT2D eigenvalue weighted by molar-refractivity contribution is 7.45. The van der Waals surface area contributed by atoms with Gasteiger partial charge < -0.3 is 24.3 Å². The molecule has 1 aliphatic heterocycles. The zero-order chi connectivity index (χ0) is 23.8. The molecule has 1 aromatic heterocycles. The molecule has 0 bridgehead atoms. The normalized spacial score (nSPS) is 19.9. The molecule has 0 radical (unpaired) electrons. The van der Waals surface area contributed by atoms with Gasteiger partial charge >= 0.3 is 20.2 Å². The third-order valence-electron chi connectivity index (χ3n) is 5.01. The van der Waals surface area contributed by atoms with Crippen LogP contribution >= 0.6 is 8.53 Å². The lowest BCUT2D eigenvalue weighted by Crippen LogP contribution is -2.37. The molecule has 10 nitrogen and oxygen atoms in total. The molecule has 2 aromatic rings. The fourth-order valence-corrected chi connectivity index (χ4v) is 4.68. The Labute approximate surface area is 194 Å². The lowest BCUT2D eigenvalue weighted by atomic mass is 10.1. The lowest BCUT2D eigenvalue weighted by molar-refractivity contribution is -0.143. The highest BCUT2D eigenvalue weighted by Gasteiger charge is 2.31. The molecule has 3 N–H and O–H groups in total. The number of hydrogen-bond acceptors (Lipinski definition) is 9. The number of para-hydroxylation sites is 1. The van der Waals surface area contributed by atoms with Crippen LogP contribution in [0, 0.1) is 5.92 Å². The quantitative estimate of drug-likeness (QED) is 0.370. The first-order valence-corrected chi connectivity index (χ1v) is 12.0. The summed E-state index contributed by atoms with van der Waals surface area (Å²) in [5.74, 6) is 0.684. The van der Waals surface area contributed by atoms with E-state index < -0.39 is 26.5 Å². The molecule has 0 amide bonds. The van der Waals surface area contributed by atoms with Crippen LogP contribution in [0.15, 0.2) is 47.4 Å². The molecule has 2 heterocycles. The molecular weight excluding hydrogens is 447 g/mol. The number of carbonyl (C=O) groups is 1. The van der Waals surface area contributed by atoms with Gasteiger partial charge in [-0.05, 0) is 43.4 Å². The van der Waals surface area contributed by atoms with Crippen molar-refractivity contribution in [1.29, 1.82) is 0 Å². The van der Waals surface area contributed by atoms with Crippen molar-refractivity contribution in [3.8, 4) is 5.75 Å². The molecule has 4 unspecified atom stereocenters. The van der Waals surface area contributed by atoms with Crippen molar-refractivity contribution in [1.82, 2.24) is 14.6 Å². The summed E-state index contributed by atoms with van der Waals surface area (Å²) in [5, 5.41) is 3.18. The van der Waals surface area contributed by atoms with Crippen LogP contribution in [-0.4, -0.2) is 41.4 Å². The first-order valence-electron chi connectivity index (χ1n) is 10.9. The largest absolute Gasteiger partial charge is 0.468 e. The smallest absolute Gasteiger partial charge is 0.351 e. The van der Waals surface area contributed by atoms with Gasteiger partial charge in [0.25, 0.3) is 0 Å². The number of aromatic nitrogens is 2. The minimum absolute atomic E-state index is 0.172. The molecule has 3 rings (SSSR count). The number of nitrogens with two attached hydrogens (primary N) is 1. The Morgan fingerprint density at radius 3 is 2.73 bits per heavy atom. The van der Waals surface area contributed by atoms with Gasteiger partial charge in [0.2, 0.25) is 0 Å². The van der Waals surface area contributed by atoms with Gasteiger partial charge in [-0.15, -0.1) is 0 Å². The zero-order valence-electron chi connectivity index (χ0n) is 19.0. The van der Waals surface area contributed by atoms with E-state index in [1.807, 2.05) is 44.2 Å². The zero-order valence-corrected chi connectivity index (χ0v) is 19.9. The highest BCUT2D eigenvalue weighted by Crippen LogP contribution is 2.38. The van der Waals surface area contributed by atoms with Gasteiger partial charge in [-0.1, -0.05) is 32.0 Å². The number of carbonyl (C=O) groups excluding carboxylic acids is 1. The molecule has 1 saturated heterocycles. The molecule has 0 saturated carbocycles. The van der Waals surface area contributed by atoms with E-state index in [0.29, 0.717) is 25.0 Å². The summed E-state index contributed by atoms with van der Waals surface area (Å²) in [5.41, 5.74) is 5.11. The summed E-state index contributed by atoms with van der Waals surface area (Å²) < 4.78 is 24.4. The van der Waals surface area contributed by atoms with Gasteiger partial charge in [0.05, 0.1) is 19.8 Å². The summed E-state index contributed by atoms with van der Waals surface area (Å²) in [4.78, 5) is 28.1. The van der Waals surface area contributed by atoms with Crippen molar-refractivity contribution < 1.29 is 23.3 Å². The number of nitrogens with zero attached hydrogens (tertiary/aromatic N) is 2. The van der Waals surface area contributed by atoms with E-state index >= 15 is 0 Å². The van der Waals surface area contributed by atoms with Crippen molar-refractivity contribution in [3.63, 3.8) is 0 Å². The van der Waals surface area contributed by atoms with Crippen LogP contribution in [0.3, 0.4) is 0 Å². The van der Waals surface area contributed by atoms with Crippen molar-refractivity contribution in [2.45, 2.75) is 51.5 Å². The van der Waals surface area contributed by atoms with Crippen LogP contribution in [-0.2, 0) is 18.8 Å². The Morgan fingerprint density at radius 1 is 1.30 bits per heavy atom. The van der Waals surface area contributed by atoms with E-state index in [1.165, 1.54) is 11.7 Å². The molecule has 33 heavy (non-hydrogen) atoms. The summed E-state index contributed by atoms with van der Waals surface area (Å²) in [6, 6.07) is 10.2. The fraction of sp³-hybridized carbons (Fsp3) is 0.500. The molecule has 0 spiro atoms. The summed E-state index contributed by atoms with van der Waals surface area (Å²) in [6.07, 6.45) is 2.82. The number of hydrogen-bond donors (Lipinski definition) is 2. The first-order chi connectivity index (χ1) is 15.9. The Balaban J connectivity index is 1.64. The number of nitrogens with one attached hydrogen (secondary N) is 1. The third-order valence-corrected chi connectivity index (χ3v) is 6.29. The van der Waals surface area contributed by atoms with E-state index in [1.54, 1.807) is 12.3 Å². The maximum Gasteiger partial charge on any atom is 0.351 e. The van der Waals surface area contributed by atoms with Gasteiger partial charge in [-0.3, -0.25) is 9.36 Å². The molecule has 1 aromatic carbocycles. The SMILES string of the molecule is COC(=O)C(CC(C)C)NP(OCC1CCC(n2ccc(N)nc2=O)O1)Oc1ccccc1. The second-order valence-electron chi connectivity index (χ2n) is 8.12. The number of methoxy groups -OCH3 is 1. The average molecular weight is 478 g/mol. The van der Waals surface area contributed by atoms with E-state index in [4.69, 9.17) is 24.3 Å². The third kappa shape index (κ3) is 7.50. The standard InChI is InChI=1S/C22H31N4O6P/c1-15(2)13-18(21(27)29-3)25-33(32-16-7-5-4-6-8-16)30-14-17-9-10-20(31-17)26-12-11-19(23)24-22(26)28/h4-8,11-12,15,17-18,20,25H,9-10,13-14H2,1-3H3,(H2,23,24,28). The molecule has 11 heteroatoms. The average Bonchev–Trinajstić information content (AvgIpc) is 3.25. The van der Waals surface area contributed by atoms with Gasteiger partial charge in [0.1, 0.15) is 23.8 Å². The monoisotopic (exact) mass is 478 g/mol. The number of rotatable bonds is 11. The lowest BCUT2D eigenvalue weighted by Gasteiger charge is -2.25. The van der Waals surface area contributed by atoms with Crippen LogP contribution in [0.2, 0.25) is 0 Å². The van der Waals surface area contributed by atoms with Crippen LogP contribution in [0.25, 0.3) is 0 Å². The molecule has 1 aliphatic rings. The summed E-state index contributed by atoms with van der Waals surface area (Å²) >= 11 is 0. The van der Waals surface area contributed by atoms with Crippen LogP contribution in [0.5, 0.6) is 5.75 Å². The predicted molar refractivity (Wildman–Crippen MR) is 124 cm³/mol. The van der Waals surface area contributed by atoms with Gasteiger partial charge in [0.15, 0.2) is 0 Å². The fourth-order valence-electron chi connectivity index (χ4n) is 3.42. The predicted octanol–water partition coefficient (Wildman–Crippen LogP) is 3.00. The van der Waals surface area contributed by atoms with Crippen LogP contribution in [0.1, 0.15) is 39.3 Å². The van der Waals surface area contributed by atoms with Gasteiger partial charge in [0, 0.05) is 6.20 Å². The van der Waals surface area contributed by atoms with E-state index in [-0.39, 0.29) is 30.4 Å². The highest BCUT2D eigenvalue weighted by atomic mass is 31.2. The Bertz CT molecular complexity index is 957. The molecule has 4 atom stereocenters. The minimum Gasteiger partial charge on any atom is -0.468 e. The number of benzene rings is 1. The van der Waals surface area contributed by atoms with Gasteiger partial charge in [-0.2, -0.15) is 4.98 Å². The number of anilines is 1. The summed E-state index contributed by atoms with van der Waals surface area (Å²) in [7, 11) is -0.308. The Morgan fingerprint density at radius 2 is 2.06 bits per heavy atom. The van der Waals surface area contributed by atoms with Gasteiger partial charge in [-0.25, -0.2) is 9.88 Å². The first kappa shape index (κ1) is 25.1. The second kappa shape index (κ2) is 12.1. The van der Waals surface area contributed by atoms with E-state index in [2.05, 4.69) is 10.1 Å². The topological polar surface area (TPSA) is 127 Å². The Hall–Kier alpha value is -2.52. The molecule has 1 fully saturated rings. The molecule has 0 aliphatic carbocycles. The van der Waals surface area contributed by atoms with Crippen molar-refractivity contribution in [2.24, 2.45) is 5.92 Å². The number of ether oxygens (including phenoxy) is 2. The molecular formula is C22H31N4O6P. The maximum absolute atomic E-state index is 12.3. The van der Waals surface area contributed by atoms with E-state index in [9.17, 15) is 9.59 Å². The Kier molecular flexibility index (Phi) is 9.20. The number of nitrogen functional groups attached to an aromatic ring is 1. The van der Waals surface area contributed by atoms with Crippen LogP contribution < -0.4 is 21.0 Å².